The van der Waals surface area contributed by atoms with Crippen molar-refractivity contribution in [3.8, 4) is 6.07 Å². The number of piperazine rings is 1. The second-order valence-corrected chi connectivity index (χ2v) is 5.36. The van der Waals surface area contributed by atoms with E-state index in [1.807, 2.05) is 19.1 Å². The molecule has 1 atom stereocenters. The average Bonchev–Trinajstić information content (AvgIpc) is 2.41. The summed E-state index contributed by atoms with van der Waals surface area (Å²) < 4.78 is 0. The fourth-order valence-electron chi connectivity index (χ4n) is 2.48. The normalized spacial score (nSPS) is 18.4. The van der Waals surface area contributed by atoms with Crippen molar-refractivity contribution in [3.05, 3.63) is 28.8 Å². The van der Waals surface area contributed by atoms with E-state index in [1.165, 1.54) is 16.2 Å². The first-order valence-corrected chi connectivity index (χ1v) is 6.75. The summed E-state index contributed by atoms with van der Waals surface area (Å²) in [5.41, 5.74) is 2.49. The number of nitrogens with zero attached hydrogens (tertiary/aromatic N) is 2. The zero-order valence-electron chi connectivity index (χ0n) is 10.9. The van der Waals surface area contributed by atoms with Crippen LogP contribution in [-0.2, 0) is 0 Å². The number of rotatable bonds is 2. The Morgan fingerprint density at radius 2 is 2.06 bits per heavy atom. The van der Waals surface area contributed by atoms with E-state index in [9.17, 15) is 0 Å². The standard InChI is InChI=1S/C14H18ClN3/c1-11-3-4-13(15)9-14(11)18-7-5-17(6-8-18)12(2)10-16/h3-4,9,12H,5-8H2,1-2H3/p+1/t12-/m0/s1. The third kappa shape index (κ3) is 2.77. The van der Waals surface area contributed by atoms with Crippen LogP contribution in [0.15, 0.2) is 18.2 Å². The summed E-state index contributed by atoms with van der Waals surface area (Å²) in [6, 6.07) is 8.46. The Bertz CT molecular complexity index is 459. The first kappa shape index (κ1) is 13.2. The van der Waals surface area contributed by atoms with Gasteiger partial charge in [-0.15, -0.1) is 0 Å². The molecule has 1 aliphatic heterocycles. The number of nitrogens with one attached hydrogen (secondary N) is 1. The number of halogens is 1. The van der Waals surface area contributed by atoms with Crippen LogP contribution < -0.4 is 9.80 Å². The molecule has 2 rings (SSSR count). The minimum atomic E-state index is 0.0904. The van der Waals surface area contributed by atoms with Gasteiger partial charge >= 0.3 is 0 Å². The topological polar surface area (TPSA) is 31.5 Å². The second-order valence-electron chi connectivity index (χ2n) is 4.93. The Kier molecular flexibility index (Phi) is 4.11. The average molecular weight is 265 g/mol. The van der Waals surface area contributed by atoms with Crippen LogP contribution in [0.4, 0.5) is 5.69 Å². The number of anilines is 1. The first-order valence-electron chi connectivity index (χ1n) is 6.37. The van der Waals surface area contributed by atoms with Gasteiger partial charge in [0, 0.05) is 17.6 Å². The number of quaternary nitrogens is 1. The molecule has 1 aromatic carbocycles. The minimum Gasteiger partial charge on any atom is -0.360 e. The van der Waals surface area contributed by atoms with Crippen LogP contribution >= 0.6 is 11.6 Å². The molecule has 1 saturated heterocycles. The lowest BCUT2D eigenvalue weighted by molar-refractivity contribution is -0.915. The van der Waals surface area contributed by atoms with Crippen LogP contribution in [0.3, 0.4) is 0 Å². The van der Waals surface area contributed by atoms with E-state index in [-0.39, 0.29) is 6.04 Å². The minimum absolute atomic E-state index is 0.0904. The summed E-state index contributed by atoms with van der Waals surface area (Å²) in [5, 5.41) is 9.74. The maximum absolute atomic E-state index is 8.95. The van der Waals surface area contributed by atoms with Gasteiger partial charge in [0.15, 0.2) is 6.04 Å². The highest BCUT2D eigenvalue weighted by Crippen LogP contribution is 2.24. The van der Waals surface area contributed by atoms with Crippen molar-refractivity contribution in [1.82, 2.24) is 0 Å². The van der Waals surface area contributed by atoms with Gasteiger partial charge in [0.05, 0.1) is 26.2 Å². The van der Waals surface area contributed by atoms with E-state index >= 15 is 0 Å². The maximum Gasteiger partial charge on any atom is 0.172 e. The maximum atomic E-state index is 8.95. The van der Waals surface area contributed by atoms with Gasteiger partial charge in [-0.25, -0.2) is 0 Å². The van der Waals surface area contributed by atoms with Gasteiger partial charge in [-0.05, 0) is 24.6 Å². The van der Waals surface area contributed by atoms with Crippen LogP contribution in [0, 0.1) is 18.3 Å². The number of hydrogen-bond donors (Lipinski definition) is 1. The highest BCUT2D eigenvalue weighted by Gasteiger charge is 2.24. The van der Waals surface area contributed by atoms with Crippen molar-refractivity contribution in [1.29, 1.82) is 5.26 Å². The van der Waals surface area contributed by atoms with Crippen molar-refractivity contribution in [2.75, 3.05) is 31.1 Å². The summed E-state index contributed by atoms with van der Waals surface area (Å²) in [7, 11) is 0. The van der Waals surface area contributed by atoms with Crippen molar-refractivity contribution < 1.29 is 4.90 Å². The molecule has 0 bridgehead atoms. The molecule has 1 fully saturated rings. The van der Waals surface area contributed by atoms with E-state index in [1.54, 1.807) is 0 Å². The summed E-state index contributed by atoms with van der Waals surface area (Å²) in [4.78, 5) is 3.75. The molecule has 4 heteroatoms. The Morgan fingerprint density at radius 3 is 2.67 bits per heavy atom. The van der Waals surface area contributed by atoms with Crippen molar-refractivity contribution >= 4 is 17.3 Å². The third-order valence-electron chi connectivity index (χ3n) is 3.72. The van der Waals surface area contributed by atoms with Crippen molar-refractivity contribution in [3.63, 3.8) is 0 Å². The molecule has 0 unspecified atom stereocenters. The summed E-state index contributed by atoms with van der Waals surface area (Å²) in [5.74, 6) is 0. The summed E-state index contributed by atoms with van der Waals surface area (Å²) in [6.07, 6.45) is 0. The van der Waals surface area contributed by atoms with Gasteiger partial charge < -0.3 is 9.80 Å². The molecule has 0 aliphatic carbocycles. The van der Waals surface area contributed by atoms with Gasteiger partial charge in [-0.1, -0.05) is 17.7 Å². The molecule has 1 N–H and O–H groups in total. The Balaban J connectivity index is 2.06. The molecule has 1 heterocycles. The van der Waals surface area contributed by atoms with Gasteiger partial charge in [-0.3, -0.25) is 0 Å². The first-order chi connectivity index (χ1) is 8.61. The number of benzene rings is 1. The van der Waals surface area contributed by atoms with Crippen LogP contribution in [0.1, 0.15) is 12.5 Å². The van der Waals surface area contributed by atoms with E-state index in [0.717, 1.165) is 31.2 Å². The predicted octanol–water partition coefficient (Wildman–Crippen LogP) is 1.27. The van der Waals surface area contributed by atoms with Crippen molar-refractivity contribution in [2.24, 2.45) is 0 Å². The highest BCUT2D eigenvalue weighted by atomic mass is 35.5. The molecule has 96 valence electrons. The third-order valence-corrected chi connectivity index (χ3v) is 3.96. The Labute approximate surface area is 114 Å². The van der Waals surface area contributed by atoms with Gasteiger partial charge in [0.25, 0.3) is 0 Å². The van der Waals surface area contributed by atoms with E-state index in [0.29, 0.717) is 0 Å². The smallest absolute Gasteiger partial charge is 0.172 e. The predicted molar refractivity (Wildman–Crippen MR) is 74.2 cm³/mol. The second kappa shape index (κ2) is 5.60. The fourth-order valence-corrected chi connectivity index (χ4v) is 2.65. The van der Waals surface area contributed by atoms with E-state index in [2.05, 4.69) is 24.0 Å². The zero-order chi connectivity index (χ0) is 13.1. The molecular weight excluding hydrogens is 246 g/mol. The SMILES string of the molecule is Cc1ccc(Cl)cc1N1CC[NH+]([C@@H](C)C#N)CC1. The van der Waals surface area contributed by atoms with Gasteiger partial charge in [-0.2, -0.15) is 5.26 Å². The lowest BCUT2D eigenvalue weighted by Gasteiger charge is -2.35. The lowest BCUT2D eigenvalue weighted by atomic mass is 10.1. The molecule has 0 saturated carbocycles. The molecule has 1 aliphatic rings. The summed E-state index contributed by atoms with van der Waals surface area (Å²) >= 11 is 6.06. The van der Waals surface area contributed by atoms with E-state index in [4.69, 9.17) is 16.9 Å². The Hall–Kier alpha value is -1.24. The monoisotopic (exact) mass is 264 g/mol. The van der Waals surface area contributed by atoms with Crippen LogP contribution in [0.25, 0.3) is 0 Å². The molecule has 0 aromatic heterocycles. The molecular formula is C14H19ClN3+. The fraction of sp³-hybridized carbons (Fsp3) is 0.500. The zero-order valence-corrected chi connectivity index (χ0v) is 11.7. The van der Waals surface area contributed by atoms with E-state index < -0.39 is 0 Å². The molecule has 0 amide bonds. The largest absolute Gasteiger partial charge is 0.360 e. The number of nitriles is 1. The molecule has 0 radical (unpaired) electrons. The molecule has 0 spiro atoms. The molecule has 18 heavy (non-hydrogen) atoms. The molecule has 3 nitrogen and oxygen atoms in total. The van der Waals surface area contributed by atoms with Crippen molar-refractivity contribution in [2.45, 2.75) is 19.9 Å². The van der Waals surface area contributed by atoms with Gasteiger partial charge in [0.1, 0.15) is 6.07 Å². The quantitative estimate of drug-likeness (QED) is 0.872. The molecule has 1 aromatic rings. The summed E-state index contributed by atoms with van der Waals surface area (Å²) in [6.45, 7) is 8.12. The number of aryl methyl sites for hydroxylation is 1. The number of hydrogen-bond acceptors (Lipinski definition) is 2. The van der Waals surface area contributed by atoms with Crippen LogP contribution in [0.2, 0.25) is 5.02 Å². The van der Waals surface area contributed by atoms with Gasteiger partial charge in [0.2, 0.25) is 0 Å². The van der Waals surface area contributed by atoms with Crippen LogP contribution in [-0.4, -0.2) is 32.2 Å². The lowest BCUT2D eigenvalue weighted by Crippen LogP contribution is -3.17. The Morgan fingerprint density at radius 1 is 1.39 bits per heavy atom. The highest BCUT2D eigenvalue weighted by molar-refractivity contribution is 6.30. The van der Waals surface area contributed by atoms with Crippen LogP contribution in [0.5, 0.6) is 0 Å².